The first kappa shape index (κ1) is 23.0. The number of oxime groups is 1. The molecule has 1 amide bonds. The lowest BCUT2D eigenvalue weighted by Crippen LogP contribution is -2.43. The Kier molecular flexibility index (Phi) is 5.59. The molecule has 0 spiro atoms. The number of ether oxygens (including phenoxy) is 1. The molecular weight excluding hydrogens is 416 g/mol. The summed E-state index contributed by atoms with van der Waals surface area (Å²) in [5.74, 6) is 0.0905. The molecule has 0 heterocycles. The first-order valence-corrected chi connectivity index (χ1v) is 11.4. The maximum Gasteiger partial charge on any atom is 0.365 e. The zero-order valence-electron chi connectivity index (χ0n) is 20.2. The minimum Gasteiger partial charge on any atom is -0.495 e. The van der Waals surface area contributed by atoms with Gasteiger partial charge in [0, 0.05) is 11.8 Å². The number of amides is 1. The Bertz CT molecular complexity index is 1140. The van der Waals surface area contributed by atoms with Gasteiger partial charge in [0.25, 0.3) is 0 Å². The van der Waals surface area contributed by atoms with E-state index in [9.17, 15) is 9.59 Å². The van der Waals surface area contributed by atoms with Gasteiger partial charge in [0.15, 0.2) is 0 Å². The summed E-state index contributed by atoms with van der Waals surface area (Å²) in [6.45, 7) is 10.3. The highest BCUT2D eigenvalue weighted by molar-refractivity contribution is 6.07. The molecule has 0 aromatic heterocycles. The molecule has 33 heavy (non-hydrogen) atoms. The smallest absolute Gasteiger partial charge is 0.365 e. The quantitative estimate of drug-likeness (QED) is 0.472. The van der Waals surface area contributed by atoms with Crippen molar-refractivity contribution in [3.8, 4) is 5.75 Å². The van der Waals surface area contributed by atoms with Crippen LogP contribution in [0.4, 0.5) is 5.69 Å². The normalized spacial score (nSPS) is 26.3. The fourth-order valence-electron chi connectivity index (χ4n) is 5.52. The van der Waals surface area contributed by atoms with Gasteiger partial charge in [0.1, 0.15) is 5.75 Å². The van der Waals surface area contributed by atoms with Crippen LogP contribution in [0.15, 0.2) is 47.6 Å². The Balaban J connectivity index is 1.60. The molecule has 0 aliphatic heterocycles. The molecule has 4 rings (SSSR count). The van der Waals surface area contributed by atoms with Crippen LogP contribution in [-0.4, -0.2) is 24.7 Å². The van der Waals surface area contributed by atoms with Crippen LogP contribution in [0.3, 0.4) is 0 Å². The molecule has 2 atom stereocenters. The van der Waals surface area contributed by atoms with Crippen molar-refractivity contribution in [2.45, 2.75) is 53.9 Å². The molecule has 2 aliphatic carbocycles. The number of anilines is 1. The van der Waals surface area contributed by atoms with Crippen LogP contribution in [0, 0.1) is 30.1 Å². The lowest BCUT2D eigenvalue weighted by Gasteiger charge is -2.39. The molecule has 2 aromatic rings. The topological polar surface area (TPSA) is 77.0 Å². The predicted octanol–water partition coefficient (Wildman–Crippen LogP) is 5.68. The van der Waals surface area contributed by atoms with E-state index >= 15 is 0 Å². The van der Waals surface area contributed by atoms with E-state index in [-0.39, 0.29) is 16.7 Å². The number of nitrogens with one attached hydrogen (secondary N) is 1. The van der Waals surface area contributed by atoms with E-state index in [1.54, 1.807) is 19.2 Å². The highest BCUT2D eigenvalue weighted by atomic mass is 16.7. The SMILES string of the molecule is COc1ccc(C)cc1NC(=O)C12CCC(C)(C(=NOC(=O)c3ccc(C)cc3)C1)C2(C)C. The van der Waals surface area contributed by atoms with Crippen LogP contribution in [0.2, 0.25) is 0 Å². The first-order chi connectivity index (χ1) is 15.5. The van der Waals surface area contributed by atoms with Crippen LogP contribution >= 0.6 is 0 Å². The van der Waals surface area contributed by atoms with Gasteiger partial charge in [0.05, 0.1) is 29.5 Å². The summed E-state index contributed by atoms with van der Waals surface area (Å²) in [7, 11) is 1.60. The zero-order valence-corrected chi connectivity index (χ0v) is 20.2. The fraction of sp³-hybridized carbons (Fsp3) is 0.444. The monoisotopic (exact) mass is 448 g/mol. The number of benzene rings is 2. The van der Waals surface area contributed by atoms with Crippen molar-refractivity contribution in [2.24, 2.45) is 21.4 Å². The number of aryl methyl sites for hydroxylation is 2. The molecule has 2 aromatic carbocycles. The van der Waals surface area contributed by atoms with E-state index in [1.807, 2.05) is 44.2 Å². The van der Waals surface area contributed by atoms with E-state index in [0.29, 0.717) is 23.4 Å². The highest BCUT2D eigenvalue weighted by Crippen LogP contribution is 2.71. The zero-order chi connectivity index (χ0) is 24.0. The molecule has 6 heteroatoms. The van der Waals surface area contributed by atoms with Crippen LogP contribution in [0.5, 0.6) is 5.75 Å². The molecule has 2 fully saturated rings. The Labute approximate surface area is 195 Å². The number of hydrogen-bond donors (Lipinski definition) is 1. The van der Waals surface area contributed by atoms with E-state index in [4.69, 9.17) is 9.57 Å². The number of fused-ring (bicyclic) bond motifs is 2. The van der Waals surface area contributed by atoms with Gasteiger partial charge in [0.2, 0.25) is 5.91 Å². The maximum absolute atomic E-state index is 13.7. The second-order valence-corrected chi connectivity index (χ2v) is 10.2. The molecule has 2 saturated carbocycles. The summed E-state index contributed by atoms with van der Waals surface area (Å²) in [5.41, 5.74) is 2.64. The molecule has 2 aliphatic rings. The molecule has 0 radical (unpaired) electrons. The maximum atomic E-state index is 13.7. The number of methoxy groups -OCH3 is 1. The summed E-state index contributed by atoms with van der Waals surface area (Å²) in [6.07, 6.45) is 2.01. The van der Waals surface area contributed by atoms with Crippen molar-refractivity contribution in [3.05, 3.63) is 59.2 Å². The second-order valence-electron chi connectivity index (χ2n) is 10.2. The van der Waals surface area contributed by atoms with E-state index in [1.165, 1.54) is 0 Å². The number of hydrogen-bond acceptors (Lipinski definition) is 5. The highest BCUT2D eigenvalue weighted by Gasteiger charge is 2.71. The van der Waals surface area contributed by atoms with Gasteiger partial charge in [-0.2, -0.15) is 0 Å². The van der Waals surface area contributed by atoms with Crippen molar-refractivity contribution in [1.82, 2.24) is 0 Å². The van der Waals surface area contributed by atoms with Gasteiger partial charge < -0.3 is 14.9 Å². The van der Waals surface area contributed by atoms with Gasteiger partial charge in [-0.25, -0.2) is 4.79 Å². The van der Waals surface area contributed by atoms with Crippen LogP contribution in [0.1, 0.15) is 61.5 Å². The largest absolute Gasteiger partial charge is 0.495 e. The van der Waals surface area contributed by atoms with Gasteiger partial charge in [-0.1, -0.05) is 49.7 Å². The molecule has 0 saturated heterocycles. The van der Waals surface area contributed by atoms with E-state index < -0.39 is 11.4 Å². The van der Waals surface area contributed by atoms with Crippen molar-refractivity contribution in [3.63, 3.8) is 0 Å². The van der Waals surface area contributed by atoms with Crippen LogP contribution in [-0.2, 0) is 9.63 Å². The Hall–Kier alpha value is -3.15. The average Bonchev–Trinajstić information content (AvgIpc) is 3.09. The standard InChI is InChI=1S/C27H32N2O4/c1-17-7-10-19(11-8-17)23(30)33-29-22-16-27(14-13-26(22,5)25(27,3)4)24(31)28-20-15-18(2)9-12-21(20)32-6/h7-12,15H,13-14,16H2,1-6H3,(H,28,31). The minimum atomic E-state index is -0.647. The third kappa shape index (κ3) is 3.52. The van der Waals surface area contributed by atoms with Crippen molar-refractivity contribution in [2.75, 3.05) is 12.4 Å². The molecule has 2 unspecified atom stereocenters. The predicted molar refractivity (Wildman–Crippen MR) is 129 cm³/mol. The molecular formula is C27H32N2O4. The van der Waals surface area contributed by atoms with Gasteiger partial charge >= 0.3 is 5.97 Å². The molecule has 2 bridgehead atoms. The third-order valence-electron chi connectivity index (χ3n) is 8.30. The lowest BCUT2D eigenvalue weighted by molar-refractivity contribution is -0.130. The lowest BCUT2D eigenvalue weighted by atomic mass is 9.64. The Morgan fingerprint density at radius 2 is 1.64 bits per heavy atom. The van der Waals surface area contributed by atoms with Gasteiger partial charge in [-0.15, -0.1) is 0 Å². The van der Waals surface area contributed by atoms with Crippen LogP contribution in [0.25, 0.3) is 0 Å². The van der Waals surface area contributed by atoms with Crippen molar-refractivity contribution < 1.29 is 19.2 Å². The van der Waals surface area contributed by atoms with E-state index in [2.05, 4.69) is 31.2 Å². The minimum absolute atomic E-state index is 0.0461. The number of rotatable bonds is 5. The van der Waals surface area contributed by atoms with Crippen molar-refractivity contribution >= 4 is 23.3 Å². The molecule has 174 valence electrons. The molecule has 6 nitrogen and oxygen atoms in total. The summed E-state index contributed by atoms with van der Waals surface area (Å²) >= 11 is 0. The third-order valence-corrected chi connectivity index (χ3v) is 8.30. The van der Waals surface area contributed by atoms with Gasteiger partial charge in [-0.05, 0) is 61.9 Å². The average molecular weight is 449 g/mol. The Morgan fingerprint density at radius 1 is 0.970 bits per heavy atom. The number of nitrogens with zero attached hydrogens (tertiary/aromatic N) is 1. The number of carbonyl (C=O) groups excluding carboxylic acids is 2. The van der Waals surface area contributed by atoms with Crippen molar-refractivity contribution in [1.29, 1.82) is 0 Å². The first-order valence-electron chi connectivity index (χ1n) is 11.4. The summed E-state index contributed by atoms with van der Waals surface area (Å²) in [4.78, 5) is 31.6. The Morgan fingerprint density at radius 3 is 2.30 bits per heavy atom. The fourth-order valence-corrected chi connectivity index (χ4v) is 5.52. The second kappa shape index (κ2) is 8.01. The van der Waals surface area contributed by atoms with Gasteiger partial charge in [-0.3, -0.25) is 4.79 Å². The molecule has 1 N–H and O–H groups in total. The summed E-state index contributed by atoms with van der Waals surface area (Å²) in [6, 6.07) is 12.9. The van der Waals surface area contributed by atoms with E-state index in [0.717, 1.165) is 29.7 Å². The van der Waals surface area contributed by atoms with Crippen LogP contribution < -0.4 is 10.1 Å². The summed E-state index contributed by atoms with van der Waals surface area (Å²) in [5, 5.41) is 7.44. The summed E-state index contributed by atoms with van der Waals surface area (Å²) < 4.78 is 5.45. The number of carbonyl (C=O) groups is 2.